The monoisotopic (exact) mass is 322 g/mol. The van der Waals surface area contributed by atoms with Crippen LogP contribution in [-0.2, 0) is 11.2 Å². The lowest BCUT2D eigenvalue weighted by molar-refractivity contribution is -0.123. The number of likely N-dealkylation sites (N-methyl/N-ethyl adjacent to an activating group) is 1. The summed E-state index contributed by atoms with van der Waals surface area (Å²) in [4.78, 5) is 14.9. The Kier molecular flexibility index (Phi) is 3.89. The maximum absolute atomic E-state index is 11.5. The predicted octanol–water partition coefficient (Wildman–Crippen LogP) is 3.07. The first-order valence-corrected chi connectivity index (χ1v) is 7.88. The van der Waals surface area contributed by atoms with Gasteiger partial charge in [-0.15, -0.1) is 11.3 Å². The van der Waals surface area contributed by atoms with Crippen LogP contribution in [0.5, 0.6) is 0 Å². The van der Waals surface area contributed by atoms with Crippen LogP contribution in [0.4, 0.5) is 11.4 Å². The Hall–Kier alpha value is -1.56. The van der Waals surface area contributed by atoms with Gasteiger partial charge in [0.1, 0.15) is 0 Å². The van der Waals surface area contributed by atoms with E-state index in [1.165, 1.54) is 4.88 Å². The fraction of sp³-hybridized carbons (Fsp3) is 0.267. The molecular weight excluding hydrogens is 308 g/mol. The molecule has 1 amide bonds. The van der Waals surface area contributed by atoms with Crippen molar-refractivity contribution in [1.29, 1.82) is 0 Å². The first-order valence-electron chi connectivity index (χ1n) is 6.62. The molecule has 2 heterocycles. The molecule has 1 atom stereocenters. The predicted molar refractivity (Wildman–Crippen MR) is 86.3 cm³/mol. The number of rotatable bonds is 4. The van der Waals surface area contributed by atoms with E-state index < -0.39 is 12.0 Å². The van der Waals surface area contributed by atoms with E-state index in [9.17, 15) is 9.90 Å². The largest absolute Gasteiger partial charge is 0.378 e. The van der Waals surface area contributed by atoms with Crippen molar-refractivity contribution in [3.8, 4) is 0 Å². The Morgan fingerprint density at radius 1 is 1.48 bits per heavy atom. The summed E-state index contributed by atoms with van der Waals surface area (Å²) >= 11 is 8.02. The maximum atomic E-state index is 11.5. The van der Waals surface area contributed by atoms with Crippen LogP contribution in [0.25, 0.3) is 0 Å². The van der Waals surface area contributed by atoms with Gasteiger partial charge >= 0.3 is 0 Å². The van der Waals surface area contributed by atoms with Crippen molar-refractivity contribution < 1.29 is 9.90 Å². The Balaban J connectivity index is 1.79. The summed E-state index contributed by atoms with van der Waals surface area (Å²) in [6, 6.07) is 7.63. The molecule has 0 radical (unpaired) electrons. The Bertz CT molecular complexity index is 673. The summed E-state index contributed by atoms with van der Waals surface area (Å²) in [6.07, 6.45) is -0.181. The van der Waals surface area contributed by atoms with Crippen molar-refractivity contribution in [3.63, 3.8) is 0 Å². The molecule has 110 valence electrons. The highest BCUT2D eigenvalue weighted by atomic mass is 35.5. The maximum Gasteiger partial charge on any atom is 0.257 e. The van der Waals surface area contributed by atoms with Crippen LogP contribution in [0.3, 0.4) is 0 Å². The van der Waals surface area contributed by atoms with Gasteiger partial charge in [0.05, 0.1) is 10.7 Å². The van der Waals surface area contributed by atoms with Crippen molar-refractivity contribution in [2.24, 2.45) is 0 Å². The molecule has 1 aliphatic rings. The number of carbonyl (C=O) groups excluding carboxylic acids is 1. The number of hydrogen-bond acceptors (Lipinski definition) is 4. The molecule has 0 aliphatic carbocycles. The summed E-state index contributed by atoms with van der Waals surface area (Å²) < 4.78 is 0. The first kappa shape index (κ1) is 14.4. The van der Waals surface area contributed by atoms with Gasteiger partial charge in [0, 0.05) is 29.7 Å². The number of amides is 1. The van der Waals surface area contributed by atoms with E-state index in [2.05, 4.69) is 21.7 Å². The number of anilines is 2. The van der Waals surface area contributed by atoms with Crippen LogP contribution in [0.1, 0.15) is 16.5 Å². The minimum atomic E-state index is -1.12. The highest BCUT2D eigenvalue weighted by Crippen LogP contribution is 2.38. The first-order chi connectivity index (χ1) is 10.1. The molecule has 1 aromatic heterocycles. The van der Waals surface area contributed by atoms with Crippen molar-refractivity contribution in [1.82, 2.24) is 0 Å². The van der Waals surface area contributed by atoms with Gasteiger partial charge in [-0.3, -0.25) is 4.79 Å². The molecule has 21 heavy (non-hydrogen) atoms. The van der Waals surface area contributed by atoms with E-state index in [1.54, 1.807) is 17.4 Å². The van der Waals surface area contributed by atoms with Gasteiger partial charge < -0.3 is 15.3 Å². The minimum Gasteiger partial charge on any atom is -0.378 e. The number of halogens is 1. The third kappa shape index (κ3) is 2.77. The lowest BCUT2D eigenvalue weighted by Crippen LogP contribution is -2.20. The van der Waals surface area contributed by atoms with Gasteiger partial charge in [0.25, 0.3) is 5.91 Å². The summed E-state index contributed by atoms with van der Waals surface area (Å²) in [7, 11) is 1.97. The second kappa shape index (κ2) is 5.67. The Labute approximate surface area is 132 Å². The molecular formula is C15H15ClN2O2S. The molecule has 1 unspecified atom stereocenters. The van der Waals surface area contributed by atoms with Crippen LogP contribution >= 0.6 is 22.9 Å². The van der Waals surface area contributed by atoms with Crippen LogP contribution in [0.2, 0.25) is 5.02 Å². The number of carbonyl (C=O) groups is 1. The number of aliphatic hydroxyl groups is 1. The molecule has 0 bridgehead atoms. The zero-order valence-corrected chi connectivity index (χ0v) is 13.0. The van der Waals surface area contributed by atoms with E-state index in [0.717, 1.165) is 18.7 Å². The standard InChI is InChI=1S/C15H15ClN2O2S/c1-18(5-4-9-3-2-6-21-9)13-8-12-10(7-11(13)16)14(19)15(20)17-12/h2-3,6-8,14,19H,4-5H2,1H3,(H,17,20). The van der Waals surface area contributed by atoms with Gasteiger partial charge in [0.15, 0.2) is 6.10 Å². The van der Waals surface area contributed by atoms with Crippen LogP contribution in [-0.4, -0.2) is 24.6 Å². The minimum absolute atomic E-state index is 0.403. The average molecular weight is 323 g/mol. The summed E-state index contributed by atoms with van der Waals surface area (Å²) in [5.41, 5.74) is 2.02. The Morgan fingerprint density at radius 2 is 2.29 bits per heavy atom. The zero-order valence-electron chi connectivity index (χ0n) is 11.5. The molecule has 6 heteroatoms. The average Bonchev–Trinajstić information content (AvgIpc) is 3.06. The second-order valence-corrected chi connectivity index (χ2v) is 6.47. The number of hydrogen-bond donors (Lipinski definition) is 2. The lowest BCUT2D eigenvalue weighted by atomic mass is 10.1. The Morgan fingerprint density at radius 3 is 3.00 bits per heavy atom. The zero-order chi connectivity index (χ0) is 15.0. The number of nitrogens with zero attached hydrogens (tertiary/aromatic N) is 1. The van der Waals surface area contributed by atoms with Gasteiger partial charge in [-0.2, -0.15) is 0 Å². The fourth-order valence-electron chi connectivity index (χ4n) is 2.40. The van der Waals surface area contributed by atoms with E-state index in [-0.39, 0.29) is 0 Å². The number of fused-ring (bicyclic) bond motifs is 1. The molecule has 1 aromatic carbocycles. The normalized spacial score (nSPS) is 16.7. The fourth-order valence-corrected chi connectivity index (χ4v) is 3.41. The molecule has 3 rings (SSSR count). The molecule has 0 spiro atoms. The quantitative estimate of drug-likeness (QED) is 0.909. The van der Waals surface area contributed by atoms with E-state index in [1.807, 2.05) is 19.2 Å². The van der Waals surface area contributed by atoms with E-state index in [0.29, 0.717) is 16.3 Å². The summed E-state index contributed by atoms with van der Waals surface area (Å²) in [6.45, 7) is 0.829. The van der Waals surface area contributed by atoms with Crippen LogP contribution in [0.15, 0.2) is 29.6 Å². The molecule has 2 aromatic rings. The van der Waals surface area contributed by atoms with Gasteiger partial charge in [-0.05, 0) is 30.0 Å². The van der Waals surface area contributed by atoms with Crippen LogP contribution in [0, 0.1) is 0 Å². The SMILES string of the molecule is CN(CCc1cccs1)c1cc2c(cc1Cl)C(O)C(=O)N2. The second-order valence-electron chi connectivity index (χ2n) is 5.03. The number of thiophene rings is 1. The third-order valence-corrected chi connectivity index (χ3v) is 4.84. The summed E-state index contributed by atoms with van der Waals surface area (Å²) in [5.74, 6) is -0.403. The molecule has 4 nitrogen and oxygen atoms in total. The topological polar surface area (TPSA) is 52.6 Å². The van der Waals surface area contributed by atoms with Gasteiger partial charge in [-0.25, -0.2) is 0 Å². The highest BCUT2D eigenvalue weighted by molar-refractivity contribution is 7.09. The number of aliphatic hydroxyl groups excluding tert-OH is 1. The molecule has 1 aliphatic heterocycles. The smallest absolute Gasteiger partial charge is 0.257 e. The van der Waals surface area contributed by atoms with Crippen LogP contribution < -0.4 is 10.2 Å². The van der Waals surface area contributed by atoms with Gasteiger partial charge in [0.2, 0.25) is 0 Å². The molecule has 0 saturated carbocycles. The molecule has 0 fully saturated rings. The van der Waals surface area contributed by atoms with E-state index >= 15 is 0 Å². The summed E-state index contributed by atoms with van der Waals surface area (Å²) in [5, 5.41) is 15.0. The third-order valence-electron chi connectivity index (χ3n) is 3.60. The van der Waals surface area contributed by atoms with Crippen molar-refractivity contribution in [3.05, 3.63) is 45.1 Å². The number of nitrogens with one attached hydrogen (secondary N) is 1. The van der Waals surface area contributed by atoms with E-state index in [4.69, 9.17) is 11.6 Å². The van der Waals surface area contributed by atoms with Gasteiger partial charge in [-0.1, -0.05) is 17.7 Å². The highest BCUT2D eigenvalue weighted by Gasteiger charge is 2.29. The lowest BCUT2D eigenvalue weighted by Gasteiger charge is -2.21. The van der Waals surface area contributed by atoms with Crippen molar-refractivity contribution in [2.75, 3.05) is 23.8 Å². The number of benzene rings is 1. The van der Waals surface area contributed by atoms with Crippen molar-refractivity contribution >= 4 is 40.2 Å². The van der Waals surface area contributed by atoms with Crippen molar-refractivity contribution in [2.45, 2.75) is 12.5 Å². The molecule has 0 saturated heterocycles. The molecule has 2 N–H and O–H groups in total.